The highest BCUT2D eigenvalue weighted by Gasteiger charge is 2.08. The van der Waals surface area contributed by atoms with Gasteiger partial charge >= 0.3 is 5.97 Å². The average Bonchev–Trinajstić information content (AvgIpc) is 2.57. The number of anilines is 1. The second-order valence-electron chi connectivity index (χ2n) is 4.77. The molecule has 0 saturated heterocycles. The van der Waals surface area contributed by atoms with E-state index in [4.69, 9.17) is 16.3 Å². The van der Waals surface area contributed by atoms with E-state index in [1.54, 1.807) is 36.4 Å². The molecule has 0 radical (unpaired) electrons. The number of carbonyl (C=O) groups excluding carboxylic acids is 2. The zero-order valence-corrected chi connectivity index (χ0v) is 14.2. The van der Waals surface area contributed by atoms with Gasteiger partial charge in [0.15, 0.2) is 6.61 Å². The maximum Gasteiger partial charge on any atom is 0.307 e. The van der Waals surface area contributed by atoms with Crippen molar-refractivity contribution in [3.05, 3.63) is 59.4 Å². The number of rotatable bonds is 7. The minimum absolute atomic E-state index is 0.163. The lowest BCUT2D eigenvalue weighted by Crippen LogP contribution is -2.21. The van der Waals surface area contributed by atoms with Crippen LogP contribution in [0.3, 0.4) is 0 Å². The van der Waals surface area contributed by atoms with Crippen LogP contribution in [0.2, 0.25) is 5.02 Å². The highest BCUT2D eigenvalue weighted by molar-refractivity contribution is 7.99. The summed E-state index contributed by atoms with van der Waals surface area (Å²) in [6, 6.07) is 12.6. The van der Waals surface area contributed by atoms with Gasteiger partial charge in [-0.3, -0.25) is 9.59 Å². The Kier molecular flexibility index (Phi) is 7.08. The van der Waals surface area contributed by atoms with Crippen LogP contribution < -0.4 is 5.32 Å². The second kappa shape index (κ2) is 9.30. The van der Waals surface area contributed by atoms with Gasteiger partial charge in [0.05, 0.1) is 6.42 Å². The van der Waals surface area contributed by atoms with Crippen molar-refractivity contribution in [1.29, 1.82) is 0 Å². The molecule has 2 aromatic carbocycles. The predicted octanol–water partition coefficient (Wildman–Crippen LogP) is 4.14. The molecule has 0 atom stereocenters. The summed E-state index contributed by atoms with van der Waals surface area (Å²) in [6.45, 7) is -0.345. The van der Waals surface area contributed by atoms with Crippen molar-refractivity contribution in [2.24, 2.45) is 0 Å². The van der Waals surface area contributed by atoms with Crippen molar-refractivity contribution in [3.8, 4) is 0 Å². The molecule has 0 aromatic heterocycles. The SMILES string of the molecule is O=C(COC(=O)CCSc1ccc(F)cc1)Nc1ccc(Cl)cc1. The van der Waals surface area contributed by atoms with Crippen molar-refractivity contribution < 1.29 is 18.7 Å². The molecule has 0 heterocycles. The third kappa shape index (κ3) is 6.60. The number of halogens is 2. The van der Waals surface area contributed by atoms with E-state index < -0.39 is 11.9 Å². The normalized spacial score (nSPS) is 10.2. The van der Waals surface area contributed by atoms with Crippen LogP contribution >= 0.6 is 23.4 Å². The molecule has 2 rings (SSSR count). The van der Waals surface area contributed by atoms with Crippen LogP contribution in [0.15, 0.2) is 53.4 Å². The molecule has 7 heteroatoms. The molecule has 0 aliphatic carbocycles. The Bertz CT molecular complexity index is 692. The van der Waals surface area contributed by atoms with E-state index in [1.807, 2.05) is 0 Å². The summed E-state index contributed by atoms with van der Waals surface area (Å²) < 4.78 is 17.7. The molecule has 0 fully saturated rings. The first-order chi connectivity index (χ1) is 11.5. The molecule has 0 saturated carbocycles. The third-order valence-electron chi connectivity index (χ3n) is 2.88. The Morgan fingerprint density at radius 1 is 1.08 bits per heavy atom. The first-order valence-corrected chi connectivity index (χ1v) is 8.49. The monoisotopic (exact) mass is 367 g/mol. The molecule has 24 heavy (non-hydrogen) atoms. The van der Waals surface area contributed by atoms with Gasteiger partial charge in [0.2, 0.25) is 0 Å². The molecule has 1 N–H and O–H groups in total. The minimum atomic E-state index is -0.462. The lowest BCUT2D eigenvalue weighted by Gasteiger charge is -2.07. The third-order valence-corrected chi connectivity index (χ3v) is 4.15. The summed E-state index contributed by atoms with van der Waals surface area (Å²) in [5, 5.41) is 3.16. The molecule has 0 bridgehead atoms. The summed E-state index contributed by atoms with van der Waals surface area (Å²) in [7, 11) is 0. The molecule has 2 aromatic rings. The molecule has 1 amide bonds. The van der Waals surface area contributed by atoms with Gasteiger partial charge in [-0.15, -0.1) is 11.8 Å². The number of nitrogens with one attached hydrogen (secondary N) is 1. The van der Waals surface area contributed by atoms with Crippen molar-refractivity contribution in [2.75, 3.05) is 17.7 Å². The lowest BCUT2D eigenvalue weighted by atomic mass is 10.3. The fourth-order valence-corrected chi connectivity index (χ4v) is 2.69. The van der Waals surface area contributed by atoms with Crippen LogP contribution in [-0.2, 0) is 14.3 Å². The minimum Gasteiger partial charge on any atom is -0.456 e. The molecule has 0 unspecified atom stereocenters. The van der Waals surface area contributed by atoms with Crippen molar-refractivity contribution in [3.63, 3.8) is 0 Å². The summed E-state index contributed by atoms with van der Waals surface area (Å²) in [5.41, 5.74) is 0.576. The van der Waals surface area contributed by atoms with Crippen molar-refractivity contribution in [1.82, 2.24) is 0 Å². The lowest BCUT2D eigenvalue weighted by molar-refractivity contribution is -0.146. The number of ether oxygens (including phenoxy) is 1. The van der Waals surface area contributed by atoms with Gasteiger partial charge in [0, 0.05) is 21.4 Å². The standard InChI is InChI=1S/C17H15ClFNO3S/c18-12-1-5-14(6-2-12)20-16(21)11-23-17(22)9-10-24-15-7-3-13(19)4-8-15/h1-8H,9-11H2,(H,20,21). The summed E-state index contributed by atoms with van der Waals surface area (Å²) in [6.07, 6.45) is 0.163. The molecule has 126 valence electrons. The number of amides is 1. The maximum atomic E-state index is 12.8. The maximum absolute atomic E-state index is 12.8. The van der Waals surface area contributed by atoms with Gasteiger partial charge in [-0.05, 0) is 48.5 Å². The van der Waals surface area contributed by atoms with Crippen molar-refractivity contribution >= 4 is 40.9 Å². The van der Waals surface area contributed by atoms with Crippen LogP contribution in [0.25, 0.3) is 0 Å². The number of hydrogen-bond donors (Lipinski definition) is 1. The van der Waals surface area contributed by atoms with Gasteiger partial charge in [0.1, 0.15) is 5.82 Å². The molecule has 0 spiro atoms. The highest BCUT2D eigenvalue weighted by atomic mass is 35.5. The summed E-state index contributed by atoms with van der Waals surface area (Å²) in [4.78, 5) is 24.1. The largest absolute Gasteiger partial charge is 0.456 e. The van der Waals surface area contributed by atoms with Crippen LogP contribution in [0, 0.1) is 5.82 Å². The Balaban J connectivity index is 1.64. The molecule has 0 aliphatic heterocycles. The average molecular weight is 368 g/mol. The predicted molar refractivity (Wildman–Crippen MR) is 92.8 cm³/mol. The second-order valence-corrected chi connectivity index (χ2v) is 6.37. The summed E-state index contributed by atoms with van der Waals surface area (Å²) in [5.74, 6) is -0.693. The number of benzene rings is 2. The zero-order valence-electron chi connectivity index (χ0n) is 12.6. The molecule has 4 nitrogen and oxygen atoms in total. The van der Waals surface area contributed by atoms with Gasteiger partial charge in [-0.2, -0.15) is 0 Å². The van der Waals surface area contributed by atoms with Crippen LogP contribution in [0.1, 0.15) is 6.42 Å². The van der Waals surface area contributed by atoms with E-state index in [1.165, 1.54) is 23.9 Å². The van der Waals surface area contributed by atoms with E-state index in [0.29, 0.717) is 16.5 Å². The summed E-state index contributed by atoms with van der Waals surface area (Å²) >= 11 is 7.16. The Labute approximate surface area is 148 Å². The zero-order chi connectivity index (χ0) is 17.4. The van der Waals surface area contributed by atoms with E-state index in [9.17, 15) is 14.0 Å². The van der Waals surface area contributed by atoms with E-state index in [-0.39, 0.29) is 18.8 Å². The Morgan fingerprint density at radius 2 is 1.75 bits per heavy atom. The molecular weight excluding hydrogens is 353 g/mol. The first kappa shape index (κ1) is 18.3. The van der Waals surface area contributed by atoms with Crippen LogP contribution in [-0.4, -0.2) is 24.2 Å². The van der Waals surface area contributed by atoms with Gasteiger partial charge < -0.3 is 10.1 Å². The smallest absolute Gasteiger partial charge is 0.307 e. The van der Waals surface area contributed by atoms with E-state index in [2.05, 4.69) is 5.32 Å². The molecular formula is C17H15ClFNO3S. The van der Waals surface area contributed by atoms with Crippen LogP contribution in [0.5, 0.6) is 0 Å². The Morgan fingerprint density at radius 3 is 2.42 bits per heavy atom. The topological polar surface area (TPSA) is 55.4 Å². The quantitative estimate of drug-likeness (QED) is 0.590. The fraction of sp³-hybridized carbons (Fsp3) is 0.176. The van der Waals surface area contributed by atoms with E-state index in [0.717, 1.165) is 4.90 Å². The van der Waals surface area contributed by atoms with Crippen LogP contribution in [0.4, 0.5) is 10.1 Å². The van der Waals surface area contributed by atoms with Crippen molar-refractivity contribution in [2.45, 2.75) is 11.3 Å². The van der Waals surface area contributed by atoms with Gasteiger partial charge in [-0.25, -0.2) is 4.39 Å². The van der Waals surface area contributed by atoms with E-state index >= 15 is 0 Å². The Hall–Kier alpha value is -2.05. The van der Waals surface area contributed by atoms with Gasteiger partial charge in [0.25, 0.3) is 5.91 Å². The number of esters is 1. The number of thioether (sulfide) groups is 1. The fourth-order valence-electron chi connectivity index (χ4n) is 1.73. The first-order valence-electron chi connectivity index (χ1n) is 7.12. The molecule has 0 aliphatic rings. The number of carbonyl (C=O) groups is 2. The highest BCUT2D eigenvalue weighted by Crippen LogP contribution is 2.19. The van der Waals surface area contributed by atoms with Gasteiger partial charge in [-0.1, -0.05) is 11.6 Å². The number of hydrogen-bond acceptors (Lipinski definition) is 4.